The summed E-state index contributed by atoms with van der Waals surface area (Å²) in [6.45, 7) is 2.12. The molecular formula is C11H14O4. The van der Waals surface area contributed by atoms with Crippen molar-refractivity contribution < 1.29 is 19.4 Å². The van der Waals surface area contributed by atoms with Crippen molar-refractivity contribution in [3.8, 4) is 5.75 Å². The Labute approximate surface area is 88.4 Å². The lowest BCUT2D eigenvalue weighted by Crippen LogP contribution is -2.15. The highest BCUT2D eigenvalue weighted by molar-refractivity contribution is 5.74. The van der Waals surface area contributed by atoms with E-state index in [-0.39, 0.29) is 0 Å². The molecule has 0 bridgehead atoms. The van der Waals surface area contributed by atoms with E-state index < -0.39 is 12.1 Å². The molecule has 0 aliphatic carbocycles. The molecule has 82 valence electrons. The largest absolute Gasteiger partial charge is 0.497 e. The number of aliphatic carboxylic acids is 1. The number of rotatable bonds is 5. The van der Waals surface area contributed by atoms with Crippen LogP contribution in [0.25, 0.3) is 0 Å². The lowest BCUT2D eigenvalue weighted by molar-refractivity contribution is -0.150. The van der Waals surface area contributed by atoms with Crippen molar-refractivity contribution in [3.63, 3.8) is 0 Å². The molecule has 0 heterocycles. The van der Waals surface area contributed by atoms with Gasteiger partial charge in [-0.15, -0.1) is 0 Å². The lowest BCUT2D eigenvalue weighted by atomic mass is 10.1. The Morgan fingerprint density at radius 1 is 1.53 bits per heavy atom. The molecule has 1 atom stereocenters. The highest BCUT2D eigenvalue weighted by Crippen LogP contribution is 2.22. The number of benzene rings is 1. The zero-order valence-electron chi connectivity index (χ0n) is 8.77. The molecular weight excluding hydrogens is 196 g/mol. The van der Waals surface area contributed by atoms with E-state index >= 15 is 0 Å². The van der Waals surface area contributed by atoms with Gasteiger partial charge in [0.05, 0.1) is 7.11 Å². The third-order valence-corrected chi connectivity index (χ3v) is 1.95. The summed E-state index contributed by atoms with van der Waals surface area (Å²) in [7, 11) is 1.54. The first-order valence-corrected chi connectivity index (χ1v) is 4.67. The zero-order chi connectivity index (χ0) is 11.3. The maximum atomic E-state index is 10.9. The number of carboxylic acids is 1. The normalized spacial score (nSPS) is 12.1. The van der Waals surface area contributed by atoms with E-state index in [4.69, 9.17) is 14.6 Å². The second kappa shape index (κ2) is 5.36. The molecule has 1 aromatic carbocycles. The molecule has 1 aromatic rings. The first-order chi connectivity index (χ1) is 7.19. The van der Waals surface area contributed by atoms with E-state index in [1.54, 1.807) is 31.2 Å². The highest BCUT2D eigenvalue weighted by Gasteiger charge is 2.19. The molecule has 0 radical (unpaired) electrons. The molecule has 1 unspecified atom stereocenters. The second-order valence-corrected chi connectivity index (χ2v) is 2.95. The molecule has 0 fully saturated rings. The van der Waals surface area contributed by atoms with Crippen molar-refractivity contribution in [3.05, 3.63) is 29.8 Å². The predicted octanol–water partition coefficient (Wildman–Crippen LogP) is 1.86. The quantitative estimate of drug-likeness (QED) is 0.805. The van der Waals surface area contributed by atoms with Crippen LogP contribution in [-0.2, 0) is 9.53 Å². The van der Waals surface area contributed by atoms with Crippen LogP contribution in [0.15, 0.2) is 24.3 Å². The predicted molar refractivity (Wildman–Crippen MR) is 55.0 cm³/mol. The molecule has 0 amide bonds. The standard InChI is InChI=1S/C11H14O4/c1-3-15-10(11(12)13)8-5-4-6-9(7-8)14-2/h4-7,10H,3H2,1-2H3,(H,12,13). The van der Waals surface area contributed by atoms with Crippen molar-refractivity contribution >= 4 is 5.97 Å². The van der Waals surface area contributed by atoms with Crippen LogP contribution < -0.4 is 4.74 Å². The Balaban J connectivity index is 2.94. The molecule has 0 saturated heterocycles. The van der Waals surface area contributed by atoms with Gasteiger partial charge in [0.15, 0.2) is 6.10 Å². The van der Waals surface area contributed by atoms with Gasteiger partial charge in [-0.2, -0.15) is 0 Å². The second-order valence-electron chi connectivity index (χ2n) is 2.95. The molecule has 1 N–H and O–H groups in total. The summed E-state index contributed by atoms with van der Waals surface area (Å²) >= 11 is 0. The maximum Gasteiger partial charge on any atom is 0.337 e. The van der Waals surface area contributed by atoms with Crippen LogP contribution in [0.3, 0.4) is 0 Å². The van der Waals surface area contributed by atoms with Crippen LogP contribution in [0, 0.1) is 0 Å². The summed E-state index contributed by atoms with van der Waals surface area (Å²) < 4.78 is 10.1. The first kappa shape index (κ1) is 11.5. The van der Waals surface area contributed by atoms with E-state index in [1.165, 1.54) is 7.11 Å². The fourth-order valence-corrected chi connectivity index (χ4v) is 1.28. The number of hydrogen-bond donors (Lipinski definition) is 1. The summed E-state index contributed by atoms with van der Waals surface area (Å²) in [6.07, 6.45) is -0.926. The van der Waals surface area contributed by atoms with Crippen LogP contribution in [-0.4, -0.2) is 24.8 Å². The van der Waals surface area contributed by atoms with Crippen LogP contribution in [0.1, 0.15) is 18.6 Å². The molecule has 0 aliphatic rings. The minimum Gasteiger partial charge on any atom is -0.497 e. The van der Waals surface area contributed by atoms with Crippen LogP contribution in [0.5, 0.6) is 5.75 Å². The Morgan fingerprint density at radius 2 is 2.27 bits per heavy atom. The fourth-order valence-electron chi connectivity index (χ4n) is 1.28. The van der Waals surface area contributed by atoms with Gasteiger partial charge in [0.2, 0.25) is 0 Å². The number of carbonyl (C=O) groups is 1. The third kappa shape index (κ3) is 2.95. The van der Waals surface area contributed by atoms with Gasteiger partial charge in [0.1, 0.15) is 5.75 Å². The summed E-state index contributed by atoms with van der Waals surface area (Å²) in [6, 6.07) is 6.86. The molecule has 0 aliphatic heterocycles. The molecule has 4 heteroatoms. The van der Waals surface area contributed by atoms with Gasteiger partial charge in [0.25, 0.3) is 0 Å². The number of carboxylic acid groups (broad SMARTS) is 1. The Hall–Kier alpha value is -1.55. The van der Waals surface area contributed by atoms with Gasteiger partial charge >= 0.3 is 5.97 Å². The Kier molecular flexibility index (Phi) is 4.12. The van der Waals surface area contributed by atoms with E-state index in [0.29, 0.717) is 17.9 Å². The summed E-state index contributed by atoms with van der Waals surface area (Å²) in [5.74, 6) is -0.372. The van der Waals surface area contributed by atoms with Gasteiger partial charge < -0.3 is 14.6 Å². The van der Waals surface area contributed by atoms with E-state index in [1.807, 2.05) is 0 Å². The van der Waals surface area contributed by atoms with Gasteiger partial charge in [-0.1, -0.05) is 12.1 Å². The number of hydrogen-bond acceptors (Lipinski definition) is 3. The molecule has 15 heavy (non-hydrogen) atoms. The van der Waals surface area contributed by atoms with Crippen molar-refractivity contribution in [2.24, 2.45) is 0 Å². The average Bonchev–Trinajstić information content (AvgIpc) is 2.25. The Morgan fingerprint density at radius 3 is 2.80 bits per heavy atom. The van der Waals surface area contributed by atoms with Gasteiger partial charge in [0, 0.05) is 6.61 Å². The average molecular weight is 210 g/mol. The molecule has 0 saturated carbocycles. The number of methoxy groups -OCH3 is 1. The number of ether oxygens (including phenoxy) is 2. The summed E-state index contributed by atoms with van der Waals surface area (Å²) in [5.41, 5.74) is 0.587. The SMILES string of the molecule is CCOC(C(=O)O)c1cccc(OC)c1. The van der Waals surface area contributed by atoms with Gasteiger partial charge in [-0.3, -0.25) is 0 Å². The van der Waals surface area contributed by atoms with Gasteiger partial charge in [-0.25, -0.2) is 4.79 Å². The summed E-state index contributed by atoms with van der Waals surface area (Å²) in [4.78, 5) is 10.9. The smallest absolute Gasteiger partial charge is 0.337 e. The fraction of sp³-hybridized carbons (Fsp3) is 0.364. The molecule has 4 nitrogen and oxygen atoms in total. The third-order valence-electron chi connectivity index (χ3n) is 1.95. The molecule has 0 aromatic heterocycles. The first-order valence-electron chi connectivity index (χ1n) is 4.67. The lowest BCUT2D eigenvalue weighted by Gasteiger charge is -2.13. The minimum atomic E-state index is -0.995. The highest BCUT2D eigenvalue weighted by atomic mass is 16.5. The van der Waals surface area contributed by atoms with Gasteiger partial charge in [-0.05, 0) is 24.6 Å². The van der Waals surface area contributed by atoms with E-state index in [0.717, 1.165) is 0 Å². The minimum absolute atomic E-state index is 0.355. The van der Waals surface area contributed by atoms with Crippen LogP contribution in [0.4, 0.5) is 0 Å². The van der Waals surface area contributed by atoms with E-state index in [9.17, 15) is 4.79 Å². The topological polar surface area (TPSA) is 55.8 Å². The van der Waals surface area contributed by atoms with Crippen molar-refractivity contribution in [2.75, 3.05) is 13.7 Å². The monoisotopic (exact) mass is 210 g/mol. The molecule has 1 rings (SSSR count). The van der Waals surface area contributed by atoms with Crippen LogP contribution >= 0.6 is 0 Å². The van der Waals surface area contributed by atoms with Crippen molar-refractivity contribution in [2.45, 2.75) is 13.0 Å². The van der Waals surface area contributed by atoms with Crippen LogP contribution in [0.2, 0.25) is 0 Å². The molecule has 0 spiro atoms. The Bertz CT molecular complexity index is 335. The maximum absolute atomic E-state index is 10.9. The van der Waals surface area contributed by atoms with E-state index in [2.05, 4.69) is 0 Å². The van der Waals surface area contributed by atoms with Crippen molar-refractivity contribution in [1.29, 1.82) is 0 Å². The summed E-state index contributed by atoms with van der Waals surface area (Å²) in [5, 5.41) is 8.96. The van der Waals surface area contributed by atoms with Crippen molar-refractivity contribution in [1.82, 2.24) is 0 Å². The zero-order valence-corrected chi connectivity index (χ0v) is 8.77.